The molecule has 3 atom stereocenters. The molecule has 0 heterocycles. The van der Waals surface area contributed by atoms with Crippen molar-refractivity contribution in [3.63, 3.8) is 0 Å². The molecule has 0 fully saturated rings. The van der Waals surface area contributed by atoms with Crippen LogP contribution in [0.4, 0.5) is 0 Å². The molecule has 0 aliphatic heterocycles. The smallest absolute Gasteiger partial charge is 0.322 e. The Balaban J connectivity index is 5.30. The number of rotatable bonds is 16. The molecule has 0 spiro atoms. The zero-order valence-electron chi connectivity index (χ0n) is 19.0. The number of carboxylic acid groups (broad SMARTS) is 1. The molecule has 33 heavy (non-hydrogen) atoms. The second kappa shape index (κ2) is 15.4. The first-order valence-electron chi connectivity index (χ1n) is 10.5. The molecule has 14 nitrogen and oxygen atoms in total. The van der Waals surface area contributed by atoms with Crippen LogP contribution < -0.4 is 38.9 Å². The Kier molecular flexibility index (Phi) is 13.8. The third kappa shape index (κ3) is 14.3. The molecule has 4 amide bonds. The molecule has 0 aromatic heterocycles. The largest absolute Gasteiger partial charge is 0.480 e. The molecule has 14 heteroatoms. The zero-order chi connectivity index (χ0) is 25.6. The summed E-state index contributed by atoms with van der Waals surface area (Å²) in [5.74, 6) is -3.96. The summed E-state index contributed by atoms with van der Waals surface area (Å²) in [7, 11) is 0. The minimum atomic E-state index is -1.25. The first kappa shape index (κ1) is 29.6. The minimum absolute atomic E-state index is 0.00375. The van der Waals surface area contributed by atoms with Crippen LogP contribution in [0.5, 0.6) is 0 Å². The van der Waals surface area contributed by atoms with Gasteiger partial charge in [0.25, 0.3) is 0 Å². The molecule has 0 aromatic carbocycles. The Bertz CT molecular complexity index is 723. The van der Waals surface area contributed by atoms with E-state index in [-0.39, 0.29) is 44.1 Å². The molecule has 3 unspecified atom stereocenters. The molecule has 0 aromatic rings. The quantitative estimate of drug-likeness (QED) is 0.0639. The number of aliphatic imine (C=N–C) groups is 1. The number of nitrogens with zero attached hydrogens (tertiary/aromatic N) is 1. The number of carbonyl (C=O) groups excluding carboxylic acids is 4. The van der Waals surface area contributed by atoms with Crippen molar-refractivity contribution in [2.24, 2.45) is 33.8 Å². The molecule has 0 aliphatic carbocycles. The minimum Gasteiger partial charge on any atom is -0.480 e. The summed E-state index contributed by atoms with van der Waals surface area (Å²) in [5.41, 5.74) is 21.4. The lowest BCUT2D eigenvalue weighted by Crippen LogP contribution is -2.56. The number of primary amides is 1. The van der Waals surface area contributed by atoms with Crippen LogP contribution in [-0.4, -0.2) is 71.9 Å². The zero-order valence-corrected chi connectivity index (χ0v) is 19.0. The van der Waals surface area contributed by atoms with Crippen LogP contribution in [0.1, 0.15) is 46.0 Å². The monoisotopic (exact) mass is 472 g/mol. The SMILES string of the molecule is CC(C)CC(NC(=O)C(N)CCC(N)=O)C(=O)NC(CCCN=C(N)N)C(=O)NCC(=O)O. The number of carboxylic acids is 1. The lowest BCUT2D eigenvalue weighted by Gasteiger charge is -2.25. The molecule has 188 valence electrons. The van der Waals surface area contributed by atoms with Gasteiger partial charge in [0.1, 0.15) is 18.6 Å². The van der Waals surface area contributed by atoms with E-state index in [1.807, 2.05) is 13.8 Å². The summed E-state index contributed by atoms with van der Waals surface area (Å²) in [6.45, 7) is 3.25. The second-order valence-electron chi connectivity index (χ2n) is 7.92. The number of amides is 4. The molecule has 0 saturated heterocycles. The van der Waals surface area contributed by atoms with E-state index >= 15 is 0 Å². The maximum absolute atomic E-state index is 12.9. The number of nitrogens with one attached hydrogen (secondary N) is 3. The average Bonchev–Trinajstić information content (AvgIpc) is 2.70. The van der Waals surface area contributed by atoms with Crippen molar-refractivity contribution in [2.75, 3.05) is 13.1 Å². The first-order chi connectivity index (χ1) is 15.3. The first-order valence-corrected chi connectivity index (χ1v) is 10.5. The Labute approximate surface area is 192 Å². The number of carbonyl (C=O) groups is 5. The Morgan fingerprint density at radius 3 is 2.03 bits per heavy atom. The molecular weight excluding hydrogens is 436 g/mol. The van der Waals surface area contributed by atoms with Gasteiger partial charge in [-0.2, -0.15) is 0 Å². The van der Waals surface area contributed by atoms with Crippen molar-refractivity contribution in [2.45, 2.75) is 64.1 Å². The van der Waals surface area contributed by atoms with E-state index in [1.54, 1.807) is 0 Å². The fourth-order valence-electron chi connectivity index (χ4n) is 2.74. The predicted molar refractivity (Wildman–Crippen MR) is 120 cm³/mol. The second-order valence-corrected chi connectivity index (χ2v) is 7.92. The van der Waals surface area contributed by atoms with Crippen LogP contribution in [0.15, 0.2) is 4.99 Å². The van der Waals surface area contributed by atoms with E-state index in [2.05, 4.69) is 20.9 Å². The van der Waals surface area contributed by atoms with Crippen molar-refractivity contribution >= 4 is 35.6 Å². The third-order valence-electron chi connectivity index (χ3n) is 4.37. The molecule has 0 saturated carbocycles. The van der Waals surface area contributed by atoms with Gasteiger partial charge in [0.15, 0.2) is 5.96 Å². The number of nitrogens with two attached hydrogens (primary N) is 4. The highest BCUT2D eigenvalue weighted by Crippen LogP contribution is 2.08. The highest BCUT2D eigenvalue weighted by molar-refractivity contribution is 5.93. The Hall–Kier alpha value is -3.42. The Morgan fingerprint density at radius 1 is 0.909 bits per heavy atom. The van der Waals surface area contributed by atoms with Crippen molar-refractivity contribution in [1.82, 2.24) is 16.0 Å². The van der Waals surface area contributed by atoms with Gasteiger partial charge in [0.2, 0.25) is 23.6 Å². The van der Waals surface area contributed by atoms with Gasteiger partial charge in [-0.15, -0.1) is 0 Å². The molecule has 0 rings (SSSR count). The number of hydrogen-bond donors (Lipinski definition) is 8. The van der Waals surface area contributed by atoms with Gasteiger partial charge >= 0.3 is 5.97 Å². The van der Waals surface area contributed by atoms with E-state index < -0.39 is 54.3 Å². The summed E-state index contributed by atoms with van der Waals surface area (Å²) in [6.07, 6.45) is 0.619. The van der Waals surface area contributed by atoms with Gasteiger partial charge in [-0.1, -0.05) is 13.8 Å². The van der Waals surface area contributed by atoms with Gasteiger partial charge in [-0.25, -0.2) is 0 Å². The molecule has 0 aliphatic rings. The van der Waals surface area contributed by atoms with E-state index in [1.165, 1.54) is 0 Å². The Morgan fingerprint density at radius 2 is 1.52 bits per heavy atom. The van der Waals surface area contributed by atoms with Gasteiger partial charge in [-0.05, 0) is 31.6 Å². The van der Waals surface area contributed by atoms with Crippen LogP contribution in [-0.2, 0) is 24.0 Å². The highest BCUT2D eigenvalue weighted by atomic mass is 16.4. The fraction of sp³-hybridized carbons (Fsp3) is 0.684. The molecule has 12 N–H and O–H groups in total. The fourth-order valence-corrected chi connectivity index (χ4v) is 2.74. The van der Waals surface area contributed by atoms with E-state index in [0.29, 0.717) is 6.42 Å². The van der Waals surface area contributed by atoms with Gasteiger partial charge in [0.05, 0.1) is 6.04 Å². The van der Waals surface area contributed by atoms with Crippen molar-refractivity contribution in [1.29, 1.82) is 0 Å². The van der Waals surface area contributed by atoms with E-state index in [4.69, 9.17) is 28.0 Å². The van der Waals surface area contributed by atoms with Crippen LogP contribution in [0.25, 0.3) is 0 Å². The van der Waals surface area contributed by atoms with Gasteiger partial charge < -0.3 is 44.0 Å². The number of guanidine groups is 1. The standard InChI is InChI=1S/C19H36N8O6/c1-10(2)8-13(27-16(31)11(20)5-6-14(21)28)18(33)26-12(4-3-7-24-19(22)23)17(32)25-9-15(29)30/h10-13H,3-9,20H2,1-2H3,(H2,21,28)(H,25,32)(H,26,33)(H,27,31)(H,29,30)(H4,22,23,24). The molecule has 0 bridgehead atoms. The third-order valence-corrected chi connectivity index (χ3v) is 4.37. The predicted octanol–water partition coefficient (Wildman–Crippen LogP) is -3.15. The van der Waals surface area contributed by atoms with Crippen LogP contribution in [0.3, 0.4) is 0 Å². The molecular formula is C19H36N8O6. The van der Waals surface area contributed by atoms with Gasteiger partial charge in [-0.3, -0.25) is 29.0 Å². The summed E-state index contributed by atoms with van der Waals surface area (Å²) in [4.78, 5) is 63.1. The lowest BCUT2D eigenvalue weighted by molar-refractivity contribution is -0.138. The van der Waals surface area contributed by atoms with E-state index in [0.717, 1.165) is 0 Å². The average molecular weight is 473 g/mol. The van der Waals surface area contributed by atoms with E-state index in [9.17, 15) is 24.0 Å². The van der Waals surface area contributed by atoms with Crippen LogP contribution in [0, 0.1) is 5.92 Å². The number of hydrogen-bond acceptors (Lipinski definition) is 7. The van der Waals surface area contributed by atoms with Crippen LogP contribution in [0.2, 0.25) is 0 Å². The van der Waals surface area contributed by atoms with Crippen molar-refractivity contribution < 1.29 is 29.1 Å². The van der Waals surface area contributed by atoms with Crippen molar-refractivity contribution in [3.05, 3.63) is 0 Å². The van der Waals surface area contributed by atoms with Gasteiger partial charge in [0, 0.05) is 13.0 Å². The normalized spacial score (nSPS) is 13.3. The van der Waals surface area contributed by atoms with Crippen LogP contribution >= 0.6 is 0 Å². The lowest BCUT2D eigenvalue weighted by atomic mass is 10.0. The maximum atomic E-state index is 12.9. The number of aliphatic carboxylic acids is 1. The molecule has 0 radical (unpaired) electrons. The topological polar surface area (TPSA) is 258 Å². The highest BCUT2D eigenvalue weighted by Gasteiger charge is 2.28. The maximum Gasteiger partial charge on any atom is 0.322 e. The summed E-state index contributed by atoms with van der Waals surface area (Å²) in [5, 5.41) is 16.1. The summed E-state index contributed by atoms with van der Waals surface area (Å²) < 4.78 is 0. The van der Waals surface area contributed by atoms with Crippen molar-refractivity contribution in [3.8, 4) is 0 Å². The summed E-state index contributed by atoms with van der Waals surface area (Å²) in [6, 6.07) is -3.14. The summed E-state index contributed by atoms with van der Waals surface area (Å²) >= 11 is 0.